The molecule has 0 spiro atoms. The van der Waals surface area contributed by atoms with Gasteiger partial charge in [-0.25, -0.2) is 0 Å². The number of aliphatic hydroxyl groups is 4. The number of esters is 3. The van der Waals surface area contributed by atoms with Crippen molar-refractivity contribution in [2.45, 2.75) is 172 Å². The monoisotopic (exact) mass is 688 g/mol. The molecular weight excluding hydrogens is 632 g/mol. The predicted molar refractivity (Wildman–Crippen MR) is 169 cm³/mol. The second-order valence-electron chi connectivity index (χ2n) is 12.9. The van der Waals surface area contributed by atoms with E-state index in [1.54, 1.807) is 0 Å². The lowest BCUT2D eigenvalue weighted by molar-refractivity contribution is -0.371. The minimum Gasteiger partial charge on any atom is -0.463 e. The van der Waals surface area contributed by atoms with Crippen molar-refractivity contribution in [3.8, 4) is 0 Å². The number of hydrogen-bond donors (Lipinski definition) is 4. The standard InChI is InChI=1S/C34H56O14/c1-21-17-15-13-11-9-7-5-4-6-8-10-12-14-16-18-26(37)47-31-25(20-43-23(3)36)46-33(30(41)29(31)40)48-32-28(39)27(38)24(19-42-22(2)35)45-34(32)44-21/h4-5,21,24-25,27-34,38-41H,6-20H2,1-3H3/b5-4+/t21?,24-,25-,27-,28+,29-,30-,31-,32-,33+,34-/m1/s1. The first-order valence-corrected chi connectivity index (χ1v) is 17.4. The Bertz CT molecular complexity index is 1010. The van der Waals surface area contributed by atoms with Crippen molar-refractivity contribution in [3.05, 3.63) is 12.2 Å². The second-order valence-corrected chi connectivity index (χ2v) is 12.9. The molecule has 4 N–H and O–H groups in total. The predicted octanol–water partition coefficient (Wildman–Crippen LogP) is 2.35. The fourth-order valence-corrected chi connectivity index (χ4v) is 6.00. The highest BCUT2D eigenvalue weighted by atomic mass is 16.8. The first-order valence-electron chi connectivity index (χ1n) is 17.4. The Morgan fingerprint density at radius 3 is 1.85 bits per heavy atom. The summed E-state index contributed by atoms with van der Waals surface area (Å²) in [7, 11) is 0. The highest BCUT2D eigenvalue weighted by molar-refractivity contribution is 5.69. The average Bonchev–Trinajstić information content (AvgIpc) is 3.03. The van der Waals surface area contributed by atoms with Crippen molar-refractivity contribution in [3.63, 3.8) is 0 Å². The van der Waals surface area contributed by atoms with Crippen molar-refractivity contribution >= 4 is 17.9 Å². The van der Waals surface area contributed by atoms with Crippen LogP contribution in [0.15, 0.2) is 12.2 Å². The first-order chi connectivity index (χ1) is 23.0. The van der Waals surface area contributed by atoms with Gasteiger partial charge in [-0.3, -0.25) is 14.4 Å². The maximum absolute atomic E-state index is 12.7. The summed E-state index contributed by atoms with van der Waals surface area (Å²) >= 11 is 0. The summed E-state index contributed by atoms with van der Waals surface area (Å²) < 4.78 is 39.6. The van der Waals surface area contributed by atoms with Crippen molar-refractivity contribution in [2.24, 2.45) is 0 Å². The zero-order chi connectivity index (χ0) is 35.1. The van der Waals surface area contributed by atoms with Gasteiger partial charge in [0.25, 0.3) is 0 Å². The second kappa shape index (κ2) is 21.1. The minimum atomic E-state index is -1.79. The number of hydrogen-bond acceptors (Lipinski definition) is 14. The molecule has 14 heteroatoms. The lowest BCUT2D eigenvalue weighted by Crippen LogP contribution is -2.65. The van der Waals surface area contributed by atoms with Gasteiger partial charge in [0.2, 0.25) is 0 Å². The van der Waals surface area contributed by atoms with Gasteiger partial charge in [-0.1, -0.05) is 50.7 Å². The van der Waals surface area contributed by atoms with E-state index in [1.165, 1.54) is 13.8 Å². The largest absolute Gasteiger partial charge is 0.463 e. The van der Waals surface area contributed by atoms with Crippen molar-refractivity contribution in [1.82, 2.24) is 0 Å². The summed E-state index contributed by atoms with van der Waals surface area (Å²) in [4.78, 5) is 35.8. The third kappa shape index (κ3) is 13.3. The van der Waals surface area contributed by atoms with Crippen molar-refractivity contribution in [1.29, 1.82) is 0 Å². The molecule has 1 unspecified atom stereocenters. The van der Waals surface area contributed by atoms with Crippen molar-refractivity contribution in [2.75, 3.05) is 13.2 Å². The van der Waals surface area contributed by atoms with Crippen LogP contribution in [0.3, 0.4) is 0 Å². The topological polar surface area (TPSA) is 197 Å². The van der Waals surface area contributed by atoms with Crippen LogP contribution < -0.4 is 0 Å². The zero-order valence-electron chi connectivity index (χ0n) is 28.5. The summed E-state index contributed by atoms with van der Waals surface area (Å²) in [5.74, 6) is -1.86. The molecule has 276 valence electrons. The molecule has 0 amide bonds. The SMILES string of the molecule is CC(=O)OC[C@H]1O[C@H]2OC(C)CCCCCC/C=C/CCCCCCCC(=O)O[C@H]3[C@H](O)[C@@H](O)[C@H](O[C@@H]2[C@@H](O)[C@@H]1O)O[C@@H]3COC(C)=O. The molecule has 0 aromatic rings. The van der Waals surface area contributed by atoms with Crippen molar-refractivity contribution < 1.29 is 68.0 Å². The zero-order valence-corrected chi connectivity index (χ0v) is 28.5. The van der Waals surface area contributed by atoms with Gasteiger partial charge in [0.05, 0.1) is 6.10 Å². The van der Waals surface area contributed by atoms with E-state index in [0.29, 0.717) is 12.8 Å². The molecule has 4 heterocycles. The van der Waals surface area contributed by atoms with Crippen LogP contribution in [0.25, 0.3) is 0 Å². The molecule has 2 bridgehead atoms. The van der Waals surface area contributed by atoms with Crippen LogP contribution in [-0.2, 0) is 47.5 Å². The molecule has 11 atom stereocenters. The van der Waals surface area contributed by atoms with E-state index in [4.69, 9.17) is 33.2 Å². The van der Waals surface area contributed by atoms with Gasteiger partial charge in [-0.05, 0) is 45.4 Å². The number of allylic oxidation sites excluding steroid dienone is 2. The lowest BCUT2D eigenvalue weighted by atomic mass is 9.97. The molecule has 0 aromatic carbocycles. The fraction of sp³-hybridized carbons (Fsp3) is 0.853. The molecule has 4 aliphatic rings. The molecule has 0 aromatic heterocycles. The fourth-order valence-electron chi connectivity index (χ4n) is 6.00. The molecule has 2 saturated heterocycles. The van der Waals surface area contributed by atoms with Crippen LogP contribution >= 0.6 is 0 Å². The summed E-state index contributed by atoms with van der Waals surface area (Å²) in [5, 5.41) is 44.2. The van der Waals surface area contributed by atoms with E-state index in [2.05, 4.69) is 12.2 Å². The number of carbonyl (C=O) groups is 3. The molecule has 2 fully saturated rings. The lowest BCUT2D eigenvalue weighted by Gasteiger charge is -2.47. The van der Waals surface area contributed by atoms with Crippen LogP contribution in [0, 0.1) is 0 Å². The third-order valence-corrected chi connectivity index (χ3v) is 8.76. The van der Waals surface area contributed by atoms with E-state index in [-0.39, 0.29) is 19.1 Å². The van der Waals surface area contributed by atoms with Crippen LogP contribution in [0.5, 0.6) is 0 Å². The average molecular weight is 689 g/mol. The molecule has 0 saturated carbocycles. The Labute approximate surface area is 283 Å². The maximum Gasteiger partial charge on any atom is 0.306 e. The maximum atomic E-state index is 12.7. The van der Waals surface area contributed by atoms with Crippen LogP contribution in [0.2, 0.25) is 0 Å². The molecule has 48 heavy (non-hydrogen) atoms. The Balaban J connectivity index is 1.81. The van der Waals surface area contributed by atoms with Crippen LogP contribution in [0.1, 0.15) is 104 Å². The summed E-state index contributed by atoms with van der Waals surface area (Å²) in [6.07, 6.45) is 0.483. The molecule has 4 rings (SSSR count). The third-order valence-electron chi connectivity index (χ3n) is 8.76. The Kier molecular flexibility index (Phi) is 17.7. The van der Waals surface area contributed by atoms with E-state index < -0.39 is 85.9 Å². The number of rotatable bonds is 4. The Hall–Kier alpha value is -2.17. The van der Waals surface area contributed by atoms with E-state index in [1.807, 2.05) is 6.92 Å². The van der Waals surface area contributed by atoms with E-state index in [0.717, 1.165) is 64.2 Å². The van der Waals surface area contributed by atoms with Gasteiger partial charge in [-0.2, -0.15) is 0 Å². The van der Waals surface area contributed by atoms with E-state index >= 15 is 0 Å². The van der Waals surface area contributed by atoms with E-state index in [9.17, 15) is 34.8 Å². The first kappa shape index (κ1) is 40.3. The number of fused-ring (bicyclic) bond motifs is 19. The smallest absolute Gasteiger partial charge is 0.306 e. The molecule has 4 aliphatic heterocycles. The highest BCUT2D eigenvalue weighted by Crippen LogP contribution is 2.32. The van der Waals surface area contributed by atoms with Gasteiger partial charge in [0.15, 0.2) is 18.7 Å². The van der Waals surface area contributed by atoms with Gasteiger partial charge >= 0.3 is 17.9 Å². The highest BCUT2D eigenvalue weighted by Gasteiger charge is 2.53. The number of ether oxygens (including phenoxy) is 7. The number of aliphatic hydroxyl groups excluding tert-OH is 4. The summed E-state index contributed by atoms with van der Waals surface area (Å²) in [6.45, 7) is 3.42. The Morgan fingerprint density at radius 2 is 1.21 bits per heavy atom. The summed E-state index contributed by atoms with van der Waals surface area (Å²) in [5.41, 5.74) is 0. The number of carbonyl (C=O) groups excluding carboxylic acids is 3. The molecule has 0 aliphatic carbocycles. The van der Waals surface area contributed by atoms with Gasteiger partial charge < -0.3 is 53.6 Å². The molecule has 14 nitrogen and oxygen atoms in total. The van der Waals surface area contributed by atoms with Gasteiger partial charge in [0, 0.05) is 20.3 Å². The molecule has 0 radical (unpaired) electrons. The Morgan fingerprint density at radius 1 is 0.667 bits per heavy atom. The van der Waals surface area contributed by atoms with Crippen LogP contribution in [0.4, 0.5) is 0 Å². The van der Waals surface area contributed by atoms with Crippen LogP contribution in [-0.4, -0.2) is 119 Å². The quantitative estimate of drug-likeness (QED) is 0.191. The summed E-state index contributed by atoms with van der Waals surface area (Å²) in [6, 6.07) is 0. The van der Waals surface area contributed by atoms with Gasteiger partial charge in [-0.15, -0.1) is 0 Å². The minimum absolute atomic E-state index is 0.0919. The molecular formula is C34H56O14. The normalized spacial score (nSPS) is 37.8. The van der Waals surface area contributed by atoms with Gasteiger partial charge in [0.1, 0.15) is 55.9 Å².